The van der Waals surface area contributed by atoms with Crippen LogP contribution in [-0.2, 0) is 4.79 Å². The molecule has 3 N–H and O–H groups in total. The number of urea groups is 1. The van der Waals surface area contributed by atoms with Crippen LogP contribution in [0, 0.1) is 11.3 Å². The first-order chi connectivity index (χ1) is 8.62. The average molecular weight is 272 g/mol. The van der Waals surface area contributed by atoms with E-state index in [1.54, 1.807) is 25.7 Å². The third-order valence-corrected chi connectivity index (χ3v) is 3.53. The molecule has 0 saturated carbocycles. The second-order valence-electron chi connectivity index (χ2n) is 6.37. The molecule has 0 radical (unpaired) electrons. The van der Waals surface area contributed by atoms with Gasteiger partial charge in [0, 0.05) is 13.1 Å². The molecule has 1 rings (SSSR count). The zero-order valence-corrected chi connectivity index (χ0v) is 12.0. The fourth-order valence-corrected chi connectivity index (χ4v) is 2.18. The zero-order valence-electron chi connectivity index (χ0n) is 12.0. The minimum absolute atomic E-state index is 0.0115. The number of likely N-dealkylation sites (tertiary alicyclic amines) is 1. The molecule has 0 aromatic heterocycles. The Balaban J connectivity index is 2.66. The van der Waals surface area contributed by atoms with Crippen molar-refractivity contribution in [2.45, 2.75) is 46.3 Å². The number of aliphatic hydroxyl groups is 1. The summed E-state index contributed by atoms with van der Waals surface area (Å²) in [4.78, 5) is 24.9. The minimum atomic E-state index is -1.04. The Labute approximate surface area is 113 Å². The summed E-state index contributed by atoms with van der Waals surface area (Å²) in [5.74, 6) is -1.02. The SMILES string of the molecule is CC1CN(C(=O)NC(C(=O)O)C(C)(C)C)CCC1O. The van der Waals surface area contributed by atoms with Gasteiger partial charge in [-0.05, 0) is 17.8 Å². The number of rotatable bonds is 2. The summed E-state index contributed by atoms with van der Waals surface area (Å²) < 4.78 is 0. The molecule has 0 aromatic rings. The lowest BCUT2D eigenvalue weighted by molar-refractivity contribution is -0.142. The van der Waals surface area contributed by atoms with Gasteiger partial charge in [-0.1, -0.05) is 27.7 Å². The minimum Gasteiger partial charge on any atom is -0.480 e. The Hall–Kier alpha value is -1.30. The monoisotopic (exact) mass is 272 g/mol. The number of carboxylic acid groups (broad SMARTS) is 1. The maximum Gasteiger partial charge on any atom is 0.326 e. The number of piperidine rings is 1. The van der Waals surface area contributed by atoms with E-state index in [1.807, 2.05) is 6.92 Å². The molecule has 1 aliphatic heterocycles. The van der Waals surface area contributed by atoms with Crippen molar-refractivity contribution < 1.29 is 19.8 Å². The maximum absolute atomic E-state index is 12.1. The number of carboxylic acids is 1. The van der Waals surface area contributed by atoms with Crippen LogP contribution in [0.4, 0.5) is 4.79 Å². The predicted molar refractivity (Wildman–Crippen MR) is 70.8 cm³/mol. The summed E-state index contributed by atoms with van der Waals surface area (Å²) in [5.41, 5.74) is -0.553. The summed E-state index contributed by atoms with van der Waals surface area (Å²) in [7, 11) is 0. The molecule has 3 unspecified atom stereocenters. The fraction of sp³-hybridized carbons (Fsp3) is 0.846. The predicted octanol–water partition coefficient (Wildman–Crippen LogP) is 0.898. The topological polar surface area (TPSA) is 89.9 Å². The standard InChI is InChI=1S/C13H24N2O4/c1-8-7-15(6-5-9(8)16)12(19)14-10(11(17)18)13(2,3)4/h8-10,16H,5-7H2,1-4H3,(H,14,19)(H,17,18). The van der Waals surface area contributed by atoms with Crippen LogP contribution < -0.4 is 5.32 Å². The lowest BCUT2D eigenvalue weighted by Crippen LogP contribution is -2.56. The zero-order chi connectivity index (χ0) is 14.8. The molecular weight excluding hydrogens is 248 g/mol. The fourth-order valence-electron chi connectivity index (χ4n) is 2.18. The van der Waals surface area contributed by atoms with Gasteiger partial charge in [0.15, 0.2) is 0 Å². The molecule has 3 atom stereocenters. The highest BCUT2D eigenvalue weighted by molar-refractivity contribution is 5.83. The Kier molecular flexibility index (Phi) is 4.79. The van der Waals surface area contributed by atoms with Crippen molar-refractivity contribution in [2.75, 3.05) is 13.1 Å². The lowest BCUT2D eigenvalue weighted by Gasteiger charge is -2.36. The number of aliphatic hydroxyl groups excluding tert-OH is 1. The summed E-state index contributed by atoms with van der Waals surface area (Å²) in [6.45, 7) is 8.10. The van der Waals surface area contributed by atoms with E-state index in [4.69, 9.17) is 0 Å². The van der Waals surface area contributed by atoms with Gasteiger partial charge in [-0.2, -0.15) is 0 Å². The summed E-state index contributed by atoms with van der Waals surface area (Å²) >= 11 is 0. The van der Waals surface area contributed by atoms with Crippen LogP contribution in [0.3, 0.4) is 0 Å². The van der Waals surface area contributed by atoms with Gasteiger partial charge in [-0.3, -0.25) is 0 Å². The molecule has 2 amide bonds. The molecule has 110 valence electrons. The van der Waals surface area contributed by atoms with E-state index < -0.39 is 17.4 Å². The number of nitrogens with one attached hydrogen (secondary N) is 1. The van der Waals surface area contributed by atoms with Gasteiger partial charge in [0.05, 0.1) is 6.10 Å². The first-order valence-corrected chi connectivity index (χ1v) is 6.59. The van der Waals surface area contributed by atoms with Gasteiger partial charge < -0.3 is 20.4 Å². The quantitative estimate of drug-likeness (QED) is 0.696. The smallest absolute Gasteiger partial charge is 0.326 e. The molecule has 6 heteroatoms. The molecule has 0 aromatic carbocycles. The highest BCUT2D eigenvalue weighted by Crippen LogP contribution is 2.21. The third kappa shape index (κ3) is 4.09. The second-order valence-corrected chi connectivity index (χ2v) is 6.37. The van der Waals surface area contributed by atoms with Crippen molar-refractivity contribution in [3.05, 3.63) is 0 Å². The van der Waals surface area contributed by atoms with Gasteiger partial charge in [0.25, 0.3) is 0 Å². The average Bonchev–Trinajstić information content (AvgIpc) is 2.27. The molecule has 1 aliphatic rings. The molecule has 6 nitrogen and oxygen atoms in total. The number of amides is 2. The second kappa shape index (κ2) is 5.77. The van der Waals surface area contributed by atoms with Gasteiger partial charge in [0.1, 0.15) is 6.04 Å². The third-order valence-electron chi connectivity index (χ3n) is 3.53. The largest absolute Gasteiger partial charge is 0.480 e. The summed E-state index contributed by atoms with van der Waals surface area (Å²) in [6.07, 6.45) is 0.143. The highest BCUT2D eigenvalue weighted by atomic mass is 16.4. The first-order valence-electron chi connectivity index (χ1n) is 6.59. The number of hydrogen-bond acceptors (Lipinski definition) is 3. The van der Waals surface area contributed by atoms with Crippen LogP contribution in [-0.4, -0.2) is 52.3 Å². The number of hydrogen-bond donors (Lipinski definition) is 3. The molecule has 0 aliphatic carbocycles. The van der Waals surface area contributed by atoms with Crippen LogP contribution in [0.2, 0.25) is 0 Å². The highest BCUT2D eigenvalue weighted by Gasteiger charge is 2.35. The molecule has 0 bridgehead atoms. The number of aliphatic carboxylic acids is 1. The van der Waals surface area contributed by atoms with Crippen molar-refractivity contribution in [2.24, 2.45) is 11.3 Å². The summed E-state index contributed by atoms with van der Waals surface area (Å²) in [6, 6.07) is -1.30. The van der Waals surface area contributed by atoms with Crippen molar-refractivity contribution in [3.63, 3.8) is 0 Å². The molecule has 19 heavy (non-hydrogen) atoms. The van der Waals surface area contributed by atoms with E-state index in [-0.39, 0.29) is 18.1 Å². The van der Waals surface area contributed by atoms with Crippen LogP contribution in [0.15, 0.2) is 0 Å². The van der Waals surface area contributed by atoms with E-state index in [2.05, 4.69) is 5.32 Å². The Morgan fingerprint density at radius 2 is 1.95 bits per heavy atom. The van der Waals surface area contributed by atoms with E-state index in [1.165, 1.54) is 0 Å². The van der Waals surface area contributed by atoms with E-state index in [0.717, 1.165) is 0 Å². The van der Waals surface area contributed by atoms with Crippen LogP contribution in [0.5, 0.6) is 0 Å². The molecular formula is C13H24N2O4. The van der Waals surface area contributed by atoms with E-state index >= 15 is 0 Å². The van der Waals surface area contributed by atoms with E-state index in [9.17, 15) is 19.8 Å². The van der Waals surface area contributed by atoms with Crippen molar-refractivity contribution in [3.8, 4) is 0 Å². The maximum atomic E-state index is 12.1. The van der Waals surface area contributed by atoms with Gasteiger partial charge in [-0.15, -0.1) is 0 Å². The number of carbonyl (C=O) groups is 2. The van der Waals surface area contributed by atoms with Crippen molar-refractivity contribution in [1.29, 1.82) is 0 Å². The molecule has 1 saturated heterocycles. The normalized spacial score (nSPS) is 25.8. The van der Waals surface area contributed by atoms with E-state index in [0.29, 0.717) is 19.5 Å². The molecule has 1 fully saturated rings. The van der Waals surface area contributed by atoms with Gasteiger partial charge >= 0.3 is 12.0 Å². The van der Waals surface area contributed by atoms with Crippen LogP contribution >= 0.6 is 0 Å². The lowest BCUT2D eigenvalue weighted by atomic mass is 9.87. The van der Waals surface area contributed by atoms with Gasteiger partial charge in [0.2, 0.25) is 0 Å². The Morgan fingerprint density at radius 1 is 1.37 bits per heavy atom. The Morgan fingerprint density at radius 3 is 2.37 bits per heavy atom. The molecule has 0 spiro atoms. The Bertz CT molecular complexity index is 351. The first kappa shape index (κ1) is 15.8. The summed E-state index contributed by atoms with van der Waals surface area (Å²) in [5, 5.41) is 21.4. The molecule has 1 heterocycles. The van der Waals surface area contributed by atoms with Crippen LogP contribution in [0.1, 0.15) is 34.1 Å². The van der Waals surface area contributed by atoms with Crippen molar-refractivity contribution >= 4 is 12.0 Å². The number of nitrogens with zero attached hydrogens (tertiary/aromatic N) is 1. The van der Waals surface area contributed by atoms with Crippen molar-refractivity contribution in [1.82, 2.24) is 10.2 Å². The van der Waals surface area contributed by atoms with Gasteiger partial charge in [-0.25, -0.2) is 9.59 Å². The number of carbonyl (C=O) groups excluding carboxylic acids is 1. The van der Waals surface area contributed by atoms with Crippen LogP contribution in [0.25, 0.3) is 0 Å².